The van der Waals surface area contributed by atoms with Crippen molar-refractivity contribution < 1.29 is 9.59 Å². The van der Waals surface area contributed by atoms with Gasteiger partial charge in [-0.25, -0.2) is 0 Å². The van der Waals surface area contributed by atoms with E-state index in [1.54, 1.807) is 24.5 Å². The number of likely N-dealkylation sites (tertiary alicyclic amines) is 1. The second kappa shape index (κ2) is 9.31. The first-order valence-electron chi connectivity index (χ1n) is 9.63. The fourth-order valence-electron chi connectivity index (χ4n) is 3.48. The number of hydrogen-bond acceptors (Lipinski definition) is 3. The number of piperidine rings is 1. The van der Waals surface area contributed by atoms with Gasteiger partial charge in [0.15, 0.2) is 0 Å². The molecule has 27 heavy (non-hydrogen) atoms. The molecule has 1 aromatic heterocycles. The molecule has 1 aliphatic heterocycles. The molecule has 1 N–H and O–H groups in total. The van der Waals surface area contributed by atoms with Crippen LogP contribution in [0.15, 0.2) is 48.8 Å². The van der Waals surface area contributed by atoms with Crippen LogP contribution in [0.5, 0.6) is 0 Å². The van der Waals surface area contributed by atoms with Crippen molar-refractivity contribution in [2.24, 2.45) is 5.92 Å². The zero-order valence-electron chi connectivity index (χ0n) is 15.9. The van der Waals surface area contributed by atoms with Gasteiger partial charge in [-0.1, -0.05) is 29.8 Å². The molecule has 0 unspecified atom stereocenters. The van der Waals surface area contributed by atoms with Gasteiger partial charge in [0.25, 0.3) is 5.91 Å². The molecule has 2 amide bonds. The molecule has 142 valence electrons. The lowest BCUT2D eigenvalue weighted by molar-refractivity contribution is -0.121. The average Bonchev–Trinajstić information content (AvgIpc) is 2.71. The third-order valence-electron chi connectivity index (χ3n) is 5.12. The van der Waals surface area contributed by atoms with Crippen molar-refractivity contribution in [3.05, 3.63) is 65.5 Å². The summed E-state index contributed by atoms with van der Waals surface area (Å²) in [5.74, 6) is 0.583. The molecule has 0 spiro atoms. The highest BCUT2D eigenvalue weighted by Gasteiger charge is 2.23. The number of nitrogens with one attached hydrogen (secondary N) is 1. The van der Waals surface area contributed by atoms with Gasteiger partial charge in [0.05, 0.1) is 5.56 Å². The summed E-state index contributed by atoms with van der Waals surface area (Å²) in [6, 6.07) is 11.9. The average molecular weight is 365 g/mol. The number of benzene rings is 1. The lowest BCUT2D eigenvalue weighted by Gasteiger charge is -2.32. The van der Waals surface area contributed by atoms with Gasteiger partial charge in [0.1, 0.15) is 0 Å². The van der Waals surface area contributed by atoms with E-state index in [-0.39, 0.29) is 11.8 Å². The van der Waals surface area contributed by atoms with Crippen LogP contribution in [-0.4, -0.2) is 41.3 Å². The minimum absolute atomic E-state index is 0.0451. The van der Waals surface area contributed by atoms with Crippen molar-refractivity contribution in [3.63, 3.8) is 0 Å². The number of amides is 2. The maximum atomic E-state index is 12.4. The van der Waals surface area contributed by atoms with Crippen LogP contribution in [0.1, 0.15) is 40.7 Å². The SMILES string of the molecule is Cc1cccc(CCC(=O)NCC2CCN(C(=O)c3cccnc3)CC2)c1. The van der Waals surface area contributed by atoms with E-state index in [0.29, 0.717) is 24.4 Å². The highest BCUT2D eigenvalue weighted by atomic mass is 16.2. The summed E-state index contributed by atoms with van der Waals surface area (Å²) in [7, 11) is 0. The van der Waals surface area contributed by atoms with Crippen LogP contribution >= 0.6 is 0 Å². The first-order chi connectivity index (χ1) is 13.1. The Bertz CT molecular complexity index is 768. The summed E-state index contributed by atoms with van der Waals surface area (Å²) >= 11 is 0. The van der Waals surface area contributed by atoms with Gasteiger partial charge in [-0.3, -0.25) is 14.6 Å². The van der Waals surface area contributed by atoms with Crippen LogP contribution in [0.4, 0.5) is 0 Å². The molecule has 2 heterocycles. The minimum Gasteiger partial charge on any atom is -0.356 e. The molecule has 0 radical (unpaired) electrons. The Kier molecular flexibility index (Phi) is 6.58. The van der Waals surface area contributed by atoms with Crippen molar-refractivity contribution in [1.82, 2.24) is 15.2 Å². The summed E-state index contributed by atoms with van der Waals surface area (Å²) in [5.41, 5.74) is 3.06. The molecule has 5 heteroatoms. The van der Waals surface area contributed by atoms with E-state index >= 15 is 0 Å². The summed E-state index contributed by atoms with van der Waals surface area (Å²) in [6.07, 6.45) is 6.41. The summed E-state index contributed by atoms with van der Waals surface area (Å²) in [6.45, 7) is 4.23. The van der Waals surface area contributed by atoms with Gasteiger partial charge < -0.3 is 10.2 Å². The normalized spacial score (nSPS) is 14.8. The lowest BCUT2D eigenvalue weighted by Crippen LogP contribution is -2.41. The van der Waals surface area contributed by atoms with Gasteiger partial charge >= 0.3 is 0 Å². The lowest BCUT2D eigenvalue weighted by atomic mass is 9.96. The summed E-state index contributed by atoms with van der Waals surface area (Å²) in [4.78, 5) is 30.4. The summed E-state index contributed by atoms with van der Waals surface area (Å²) in [5, 5.41) is 3.06. The maximum absolute atomic E-state index is 12.4. The van der Waals surface area contributed by atoms with Crippen LogP contribution in [0.2, 0.25) is 0 Å². The number of pyridine rings is 1. The van der Waals surface area contributed by atoms with E-state index < -0.39 is 0 Å². The third-order valence-corrected chi connectivity index (χ3v) is 5.12. The van der Waals surface area contributed by atoms with Crippen molar-refractivity contribution in [1.29, 1.82) is 0 Å². The Morgan fingerprint density at radius 2 is 2.00 bits per heavy atom. The number of carbonyl (C=O) groups is 2. The van der Waals surface area contributed by atoms with Crippen molar-refractivity contribution in [2.45, 2.75) is 32.6 Å². The Hall–Kier alpha value is -2.69. The fraction of sp³-hybridized carbons (Fsp3) is 0.409. The van der Waals surface area contributed by atoms with Crippen LogP contribution in [0.25, 0.3) is 0 Å². The zero-order chi connectivity index (χ0) is 19.1. The Morgan fingerprint density at radius 3 is 2.70 bits per heavy atom. The molecule has 0 atom stereocenters. The van der Waals surface area contributed by atoms with Gasteiger partial charge in [-0.15, -0.1) is 0 Å². The predicted molar refractivity (Wildman–Crippen MR) is 105 cm³/mol. The molecule has 5 nitrogen and oxygen atoms in total. The van der Waals surface area contributed by atoms with Gasteiger partial charge in [0.2, 0.25) is 5.91 Å². The molecule has 0 saturated carbocycles. The third kappa shape index (κ3) is 5.64. The predicted octanol–water partition coefficient (Wildman–Crippen LogP) is 2.99. The minimum atomic E-state index is 0.0451. The second-order valence-electron chi connectivity index (χ2n) is 7.27. The number of carbonyl (C=O) groups excluding carboxylic acids is 2. The number of rotatable bonds is 6. The van der Waals surface area contributed by atoms with E-state index in [4.69, 9.17) is 0 Å². The van der Waals surface area contributed by atoms with Crippen LogP contribution < -0.4 is 5.32 Å². The van der Waals surface area contributed by atoms with Crippen LogP contribution in [-0.2, 0) is 11.2 Å². The molecule has 0 aliphatic carbocycles. The smallest absolute Gasteiger partial charge is 0.255 e. The fourth-order valence-corrected chi connectivity index (χ4v) is 3.48. The molecular weight excluding hydrogens is 338 g/mol. The quantitative estimate of drug-likeness (QED) is 0.856. The maximum Gasteiger partial charge on any atom is 0.255 e. The molecule has 0 bridgehead atoms. The van der Waals surface area contributed by atoms with E-state index in [0.717, 1.165) is 32.4 Å². The van der Waals surface area contributed by atoms with E-state index in [2.05, 4.69) is 35.4 Å². The van der Waals surface area contributed by atoms with Crippen molar-refractivity contribution >= 4 is 11.8 Å². The van der Waals surface area contributed by atoms with Crippen LogP contribution in [0.3, 0.4) is 0 Å². The highest BCUT2D eigenvalue weighted by molar-refractivity contribution is 5.93. The zero-order valence-corrected chi connectivity index (χ0v) is 15.9. The number of nitrogens with zero attached hydrogens (tertiary/aromatic N) is 2. The molecule has 2 aromatic rings. The van der Waals surface area contributed by atoms with Gasteiger partial charge in [-0.2, -0.15) is 0 Å². The van der Waals surface area contributed by atoms with Crippen LogP contribution in [0, 0.1) is 12.8 Å². The molecule has 1 aliphatic rings. The number of aromatic nitrogens is 1. The Balaban J connectivity index is 1.37. The first-order valence-corrected chi connectivity index (χ1v) is 9.63. The van der Waals surface area contributed by atoms with E-state index in [1.165, 1.54) is 11.1 Å². The molecule has 1 saturated heterocycles. The number of hydrogen-bond donors (Lipinski definition) is 1. The van der Waals surface area contributed by atoms with E-state index in [1.807, 2.05) is 11.0 Å². The largest absolute Gasteiger partial charge is 0.356 e. The van der Waals surface area contributed by atoms with Crippen molar-refractivity contribution in [2.75, 3.05) is 19.6 Å². The highest BCUT2D eigenvalue weighted by Crippen LogP contribution is 2.18. The molecular formula is C22H27N3O2. The Labute approximate surface area is 160 Å². The number of aryl methyl sites for hydroxylation is 2. The van der Waals surface area contributed by atoms with Crippen molar-refractivity contribution in [3.8, 4) is 0 Å². The monoisotopic (exact) mass is 365 g/mol. The summed E-state index contributed by atoms with van der Waals surface area (Å²) < 4.78 is 0. The molecule has 3 rings (SSSR count). The standard InChI is InChI=1S/C22H27N3O2/c1-17-4-2-5-18(14-17)7-8-21(26)24-15-19-9-12-25(13-10-19)22(27)20-6-3-11-23-16-20/h2-6,11,14,16,19H,7-10,12-13,15H2,1H3,(H,24,26). The van der Waals surface area contributed by atoms with Gasteiger partial charge in [-0.05, 0) is 49.8 Å². The molecule has 1 aromatic carbocycles. The second-order valence-corrected chi connectivity index (χ2v) is 7.27. The van der Waals surface area contributed by atoms with Gasteiger partial charge in [0, 0.05) is 38.4 Å². The Morgan fingerprint density at radius 1 is 1.19 bits per heavy atom. The first kappa shape index (κ1) is 19.1. The topological polar surface area (TPSA) is 62.3 Å². The molecule has 1 fully saturated rings. The van der Waals surface area contributed by atoms with E-state index in [9.17, 15) is 9.59 Å².